The fraction of sp³-hybridized carbons (Fsp3) is 0.222. The van der Waals surface area contributed by atoms with Crippen LogP contribution in [0.5, 0.6) is 5.75 Å². The zero-order chi connectivity index (χ0) is 24.6. The third-order valence-corrected chi connectivity index (χ3v) is 7.12. The van der Waals surface area contributed by atoms with E-state index in [-0.39, 0.29) is 42.0 Å². The molecule has 6 rings (SSSR count). The zero-order valence-electron chi connectivity index (χ0n) is 19.1. The molecule has 0 spiro atoms. The van der Waals surface area contributed by atoms with Gasteiger partial charge in [0.25, 0.3) is 5.56 Å². The summed E-state index contributed by atoms with van der Waals surface area (Å²) < 4.78 is 21.2. The highest BCUT2D eigenvalue weighted by molar-refractivity contribution is 6.00. The minimum atomic E-state index is -1.93. The van der Waals surface area contributed by atoms with Crippen molar-refractivity contribution < 1.29 is 24.1 Å². The van der Waals surface area contributed by atoms with E-state index in [0.717, 1.165) is 22.1 Å². The maximum Gasteiger partial charge on any atom is 0.343 e. The number of aliphatic hydroxyl groups is 1. The van der Waals surface area contributed by atoms with Crippen molar-refractivity contribution in [2.45, 2.75) is 39.0 Å². The second kappa shape index (κ2) is 7.23. The average molecular weight is 472 g/mol. The molecule has 176 valence electrons. The highest BCUT2D eigenvalue weighted by Crippen LogP contribution is 2.43. The SMILES string of the molecule is CC[C@@]1(O)C(=O)OCc2c1cc1n(c2=O)Cc2c-1nc1cc(F)c(C)cc1c2-c1ccc(O)cc1. The zero-order valence-corrected chi connectivity index (χ0v) is 19.1. The molecule has 0 fully saturated rings. The standard InChI is InChI=1S/C27H21FN2O5/c1-3-27(34)19-9-22-24-17(11-30(22)25(32)18(19)12-35-26(27)33)23(14-4-6-15(31)7-5-14)16-8-13(2)20(28)10-21(16)29-24/h4-10,31,34H,3,11-12H2,1-2H3/t27-/m0/s1. The Morgan fingerprint density at radius 3 is 2.60 bits per heavy atom. The Hall–Kier alpha value is -4.04. The van der Waals surface area contributed by atoms with Crippen LogP contribution >= 0.6 is 0 Å². The van der Waals surface area contributed by atoms with Crippen molar-refractivity contribution in [3.63, 3.8) is 0 Å². The molecule has 0 amide bonds. The molecule has 0 saturated heterocycles. The van der Waals surface area contributed by atoms with E-state index in [9.17, 15) is 24.2 Å². The summed E-state index contributed by atoms with van der Waals surface area (Å²) in [5.41, 5.74) is 2.33. The van der Waals surface area contributed by atoms with Crippen LogP contribution in [0.1, 0.15) is 35.6 Å². The number of rotatable bonds is 2. The van der Waals surface area contributed by atoms with Crippen LogP contribution in [0.3, 0.4) is 0 Å². The van der Waals surface area contributed by atoms with Crippen molar-refractivity contribution in [1.29, 1.82) is 0 Å². The fourth-order valence-corrected chi connectivity index (χ4v) is 5.17. The molecule has 0 saturated carbocycles. The first-order chi connectivity index (χ1) is 16.7. The van der Waals surface area contributed by atoms with Gasteiger partial charge in [-0.3, -0.25) is 4.79 Å². The number of pyridine rings is 2. The predicted octanol–water partition coefficient (Wildman–Crippen LogP) is 3.90. The number of esters is 1. The number of benzene rings is 2. The highest BCUT2D eigenvalue weighted by atomic mass is 19.1. The van der Waals surface area contributed by atoms with E-state index in [1.54, 1.807) is 54.8 Å². The number of phenolic OH excluding ortho intramolecular Hbond substituents is 1. The number of carbonyl (C=O) groups is 1. The van der Waals surface area contributed by atoms with E-state index in [4.69, 9.17) is 9.72 Å². The molecule has 4 aromatic rings. The van der Waals surface area contributed by atoms with Gasteiger partial charge in [-0.1, -0.05) is 19.1 Å². The first kappa shape index (κ1) is 21.5. The molecular weight excluding hydrogens is 451 g/mol. The van der Waals surface area contributed by atoms with Gasteiger partial charge in [-0.05, 0) is 54.3 Å². The Bertz CT molecular complexity index is 1640. The van der Waals surface area contributed by atoms with E-state index in [1.165, 1.54) is 6.07 Å². The molecule has 0 aliphatic carbocycles. The topological polar surface area (TPSA) is 102 Å². The average Bonchev–Trinajstić information content (AvgIpc) is 3.20. The second-order valence-corrected chi connectivity index (χ2v) is 9.08. The van der Waals surface area contributed by atoms with Crippen LogP contribution < -0.4 is 5.56 Å². The summed E-state index contributed by atoms with van der Waals surface area (Å²) in [5, 5.41) is 21.6. The van der Waals surface area contributed by atoms with Gasteiger partial charge >= 0.3 is 5.97 Å². The molecule has 0 radical (unpaired) electrons. The Labute approximate surface area is 199 Å². The lowest BCUT2D eigenvalue weighted by Crippen LogP contribution is -2.44. The molecule has 0 bridgehead atoms. The van der Waals surface area contributed by atoms with Crippen molar-refractivity contribution in [2.24, 2.45) is 0 Å². The summed E-state index contributed by atoms with van der Waals surface area (Å²) in [6, 6.07) is 11.4. The number of phenols is 1. The fourth-order valence-electron chi connectivity index (χ4n) is 5.17. The van der Waals surface area contributed by atoms with Gasteiger partial charge in [0.05, 0.1) is 29.0 Å². The molecule has 8 heteroatoms. The van der Waals surface area contributed by atoms with Crippen molar-refractivity contribution in [3.8, 4) is 28.3 Å². The van der Waals surface area contributed by atoms with Crippen LogP contribution in [-0.4, -0.2) is 25.7 Å². The summed E-state index contributed by atoms with van der Waals surface area (Å²) in [5.74, 6) is -1.07. The van der Waals surface area contributed by atoms with E-state index >= 15 is 0 Å². The monoisotopic (exact) mass is 472 g/mol. The Morgan fingerprint density at radius 1 is 1.14 bits per heavy atom. The van der Waals surface area contributed by atoms with Crippen molar-refractivity contribution >= 4 is 16.9 Å². The molecule has 2 aromatic carbocycles. The van der Waals surface area contributed by atoms with E-state index in [1.807, 2.05) is 0 Å². The second-order valence-electron chi connectivity index (χ2n) is 9.08. The van der Waals surface area contributed by atoms with E-state index in [0.29, 0.717) is 22.5 Å². The quantitative estimate of drug-likeness (QED) is 0.378. The summed E-state index contributed by atoms with van der Waals surface area (Å²) in [6.45, 7) is 3.33. The lowest BCUT2D eigenvalue weighted by atomic mass is 9.86. The van der Waals surface area contributed by atoms with Crippen molar-refractivity contribution in [2.75, 3.05) is 0 Å². The normalized spacial score (nSPS) is 18.2. The molecule has 1 atom stereocenters. The first-order valence-corrected chi connectivity index (χ1v) is 11.3. The number of ether oxygens (including phenoxy) is 1. The number of hydrogen-bond donors (Lipinski definition) is 2. The van der Waals surface area contributed by atoms with Crippen LogP contribution in [-0.2, 0) is 28.3 Å². The van der Waals surface area contributed by atoms with Crippen molar-refractivity contribution in [1.82, 2.24) is 9.55 Å². The number of carbonyl (C=O) groups excluding carboxylic acids is 1. The molecule has 2 aliphatic rings. The molecule has 7 nitrogen and oxygen atoms in total. The van der Waals surface area contributed by atoms with Crippen LogP contribution in [0.2, 0.25) is 0 Å². The van der Waals surface area contributed by atoms with Crippen LogP contribution in [0.15, 0.2) is 47.3 Å². The van der Waals surface area contributed by atoms with Crippen molar-refractivity contribution in [3.05, 3.63) is 80.9 Å². The number of aryl methyl sites for hydroxylation is 1. The first-order valence-electron chi connectivity index (χ1n) is 11.3. The third-order valence-electron chi connectivity index (χ3n) is 7.12. The van der Waals surface area contributed by atoms with Gasteiger partial charge in [-0.15, -0.1) is 0 Å². The van der Waals surface area contributed by atoms with Gasteiger partial charge in [-0.25, -0.2) is 14.2 Å². The lowest BCUT2D eigenvalue weighted by Gasteiger charge is -2.31. The van der Waals surface area contributed by atoms with Crippen LogP contribution in [0.4, 0.5) is 4.39 Å². The summed E-state index contributed by atoms with van der Waals surface area (Å²) in [4.78, 5) is 30.7. The van der Waals surface area contributed by atoms with Gasteiger partial charge < -0.3 is 19.5 Å². The number of halogens is 1. The lowest BCUT2D eigenvalue weighted by molar-refractivity contribution is -0.172. The van der Waals surface area contributed by atoms with E-state index < -0.39 is 17.4 Å². The molecule has 0 unspecified atom stereocenters. The summed E-state index contributed by atoms with van der Waals surface area (Å²) in [7, 11) is 0. The van der Waals surface area contributed by atoms with Gasteiger partial charge in [0.1, 0.15) is 18.2 Å². The maximum atomic E-state index is 14.6. The molecular formula is C27H21FN2O5. The largest absolute Gasteiger partial charge is 0.508 e. The maximum absolute atomic E-state index is 14.6. The predicted molar refractivity (Wildman–Crippen MR) is 126 cm³/mol. The number of cyclic esters (lactones) is 1. The van der Waals surface area contributed by atoms with Gasteiger partial charge in [-0.2, -0.15) is 0 Å². The van der Waals surface area contributed by atoms with E-state index in [2.05, 4.69) is 0 Å². The molecule has 2 aliphatic heterocycles. The number of aromatic nitrogens is 2. The summed E-state index contributed by atoms with van der Waals surface area (Å²) in [6.07, 6.45) is 0.0446. The highest BCUT2D eigenvalue weighted by Gasteiger charge is 2.45. The minimum absolute atomic E-state index is 0.0446. The number of nitrogens with zero attached hydrogens (tertiary/aromatic N) is 2. The van der Waals surface area contributed by atoms with Crippen LogP contribution in [0, 0.1) is 12.7 Å². The Morgan fingerprint density at radius 2 is 1.89 bits per heavy atom. The number of hydrogen-bond acceptors (Lipinski definition) is 6. The Kier molecular flexibility index (Phi) is 4.44. The third kappa shape index (κ3) is 2.89. The van der Waals surface area contributed by atoms with Gasteiger partial charge in [0, 0.05) is 22.6 Å². The molecule has 35 heavy (non-hydrogen) atoms. The van der Waals surface area contributed by atoms with Crippen LogP contribution in [0.25, 0.3) is 33.4 Å². The summed E-state index contributed by atoms with van der Waals surface area (Å²) >= 11 is 0. The smallest absolute Gasteiger partial charge is 0.343 e. The Balaban J connectivity index is 1.70. The minimum Gasteiger partial charge on any atom is -0.508 e. The molecule has 4 heterocycles. The molecule has 2 N–H and O–H groups in total. The van der Waals surface area contributed by atoms with Gasteiger partial charge in [0.15, 0.2) is 5.60 Å². The van der Waals surface area contributed by atoms with Gasteiger partial charge in [0.2, 0.25) is 0 Å². The molecule has 2 aromatic heterocycles. The number of fused-ring (bicyclic) bond motifs is 5. The number of aromatic hydroxyl groups is 1.